The maximum Gasteiger partial charge on any atom is 0.267 e. The zero-order chi connectivity index (χ0) is 24.5. The Balaban J connectivity index is 1.39. The zero-order valence-electron chi connectivity index (χ0n) is 19.8. The van der Waals surface area contributed by atoms with Crippen molar-refractivity contribution in [1.29, 1.82) is 0 Å². The summed E-state index contributed by atoms with van der Waals surface area (Å²) in [6.45, 7) is 0.423. The standard InChI is InChI=1S/C30H26FN3OS/c31-26-16-8-4-10-21(26)19-33-20-22(25-15-7-9-17-27(25)33)18-28-29(35)34(24-13-5-6-14-24)30(36-28)32-23-11-2-1-3-12-23/h1-4,7-12,15-18,20,24H,5-6,13-14,19H2. The molecule has 2 heterocycles. The highest BCUT2D eigenvalue weighted by Crippen LogP contribution is 2.39. The minimum atomic E-state index is -0.217. The predicted molar refractivity (Wildman–Crippen MR) is 146 cm³/mol. The minimum absolute atomic E-state index is 0.0208. The van der Waals surface area contributed by atoms with Gasteiger partial charge in [0.25, 0.3) is 5.91 Å². The molecule has 36 heavy (non-hydrogen) atoms. The molecular formula is C30H26FN3OS. The fourth-order valence-electron chi connectivity index (χ4n) is 5.13. The van der Waals surface area contributed by atoms with Crippen LogP contribution >= 0.6 is 11.8 Å². The summed E-state index contributed by atoms with van der Waals surface area (Å²) in [6.07, 6.45) is 8.29. The third kappa shape index (κ3) is 4.37. The number of rotatable bonds is 5. The first kappa shape index (κ1) is 22.8. The van der Waals surface area contributed by atoms with E-state index in [-0.39, 0.29) is 17.8 Å². The normalized spacial score (nSPS) is 18.8. The second-order valence-electron chi connectivity index (χ2n) is 9.27. The summed E-state index contributed by atoms with van der Waals surface area (Å²) < 4.78 is 16.4. The smallest absolute Gasteiger partial charge is 0.267 e. The lowest BCUT2D eigenvalue weighted by Gasteiger charge is -2.22. The van der Waals surface area contributed by atoms with E-state index in [1.165, 1.54) is 17.8 Å². The lowest BCUT2D eigenvalue weighted by Crippen LogP contribution is -2.37. The van der Waals surface area contributed by atoms with Gasteiger partial charge in [-0.05, 0) is 54.9 Å². The highest BCUT2D eigenvalue weighted by atomic mass is 32.2. The van der Waals surface area contributed by atoms with Crippen LogP contribution in [-0.4, -0.2) is 26.6 Å². The number of para-hydroxylation sites is 2. The van der Waals surface area contributed by atoms with Crippen LogP contribution in [0.2, 0.25) is 0 Å². The van der Waals surface area contributed by atoms with Gasteiger partial charge in [-0.3, -0.25) is 9.69 Å². The van der Waals surface area contributed by atoms with Crippen LogP contribution in [0.25, 0.3) is 17.0 Å². The maximum atomic E-state index is 14.4. The second-order valence-corrected chi connectivity index (χ2v) is 10.3. The number of thioether (sulfide) groups is 1. The van der Waals surface area contributed by atoms with Crippen molar-refractivity contribution in [3.8, 4) is 0 Å². The molecule has 0 atom stereocenters. The Labute approximate surface area is 214 Å². The van der Waals surface area contributed by atoms with Crippen LogP contribution in [0.15, 0.2) is 95.0 Å². The average Bonchev–Trinajstić information content (AvgIpc) is 3.61. The van der Waals surface area contributed by atoms with Gasteiger partial charge in [0.2, 0.25) is 0 Å². The number of fused-ring (bicyclic) bond motifs is 1. The highest BCUT2D eigenvalue weighted by Gasteiger charge is 2.39. The van der Waals surface area contributed by atoms with E-state index in [1.54, 1.807) is 6.07 Å². The van der Waals surface area contributed by atoms with Gasteiger partial charge in [0, 0.05) is 34.3 Å². The Morgan fingerprint density at radius 3 is 2.47 bits per heavy atom. The van der Waals surface area contributed by atoms with Gasteiger partial charge >= 0.3 is 0 Å². The van der Waals surface area contributed by atoms with Crippen molar-refractivity contribution in [2.75, 3.05) is 0 Å². The fraction of sp³-hybridized carbons (Fsp3) is 0.200. The number of amidine groups is 1. The Bertz CT molecular complexity index is 1480. The molecule has 3 aromatic carbocycles. The van der Waals surface area contributed by atoms with E-state index in [9.17, 15) is 9.18 Å². The molecule has 2 aliphatic rings. The number of hydrogen-bond acceptors (Lipinski definition) is 3. The van der Waals surface area contributed by atoms with Gasteiger partial charge in [-0.15, -0.1) is 0 Å². The van der Waals surface area contributed by atoms with Gasteiger partial charge < -0.3 is 4.57 Å². The molecule has 2 fully saturated rings. The summed E-state index contributed by atoms with van der Waals surface area (Å²) in [5, 5.41) is 1.79. The lowest BCUT2D eigenvalue weighted by atomic mass is 10.1. The Morgan fingerprint density at radius 2 is 1.67 bits per heavy atom. The van der Waals surface area contributed by atoms with E-state index in [2.05, 4.69) is 10.6 Å². The molecule has 1 aliphatic heterocycles. The van der Waals surface area contributed by atoms with E-state index in [0.29, 0.717) is 17.0 Å². The first-order chi connectivity index (χ1) is 17.7. The van der Waals surface area contributed by atoms with Crippen molar-refractivity contribution in [2.45, 2.75) is 38.3 Å². The molecule has 0 N–H and O–H groups in total. The van der Waals surface area contributed by atoms with Gasteiger partial charge in [-0.1, -0.05) is 67.4 Å². The van der Waals surface area contributed by atoms with Crippen molar-refractivity contribution in [3.05, 3.63) is 107 Å². The van der Waals surface area contributed by atoms with Crippen LogP contribution < -0.4 is 0 Å². The van der Waals surface area contributed by atoms with Gasteiger partial charge in [-0.2, -0.15) is 0 Å². The number of amides is 1. The molecule has 6 rings (SSSR count). The van der Waals surface area contributed by atoms with Crippen molar-refractivity contribution < 1.29 is 9.18 Å². The van der Waals surface area contributed by atoms with Crippen LogP contribution in [0.1, 0.15) is 36.8 Å². The molecule has 1 aliphatic carbocycles. The Morgan fingerprint density at radius 1 is 0.944 bits per heavy atom. The maximum absolute atomic E-state index is 14.4. The number of benzene rings is 3. The number of nitrogens with zero attached hydrogens (tertiary/aromatic N) is 3. The van der Waals surface area contributed by atoms with Crippen LogP contribution in [0.3, 0.4) is 0 Å². The number of hydrogen-bond donors (Lipinski definition) is 0. The summed E-state index contributed by atoms with van der Waals surface area (Å²) in [4.78, 5) is 21.1. The monoisotopic (exact) mass is 495 g/mol. The topological polar surface area (TPSA) is 37.6 Å². The third-order valence-corrected chi connectivity index (χ3v) is 7.90. The molecule has 6 heteroatoms. The summed E-state index contributed by atoms with van der Waals surface area (Å²) in [5.74, 6) is -0.196. The largest absolute Gasteiger partial charge is 0.342 e. The van der Waals surface area contributed by atoms with E-state index in [0.717, 1.165) is 53.0 Å². The van der Waals surface area contributed by atoms with Crippen molar-refractivity contribution >= 4 is 45.5 Å². The first-order valence-corrected chi connectivity index (χ1v) is 13.2. The third-order valence-electron chi connectivity index (χ3n) is 6.91. The fourth-order valence-corrected chi connectivity index (χ4v) is 6.18. The molecular weight excluding hydrogens is 469 g/mol. The zero-order valence-corrected chi connectivity index (χ0v) is 20.6. The number of carbonyl (C=O) groups is 1. The van der Waals surface area contributed by atoms with Crippen LogP contribution in [-0.2, 0) is 11.3 Å². The van der Waals surface area contributed by atoms with E-state index >= 15 is 0 Å². The second kappa shape index (κ2) is 9.78. The van der Waals surface area contributed by atoms with Crippen LogP contribution in [0, 0.1) is 5.82 Å². The molecule has 4 nitrogen and oxygen atoms in total. The molecule has 0 radical (unpaired) electrons. The van der Waals surface area contributed by atoms with Gasteiger partial charge in [0.15, 0.2) is 5.17 Å². The Kier molecular flexibility index (Phi) is 6.20. The van der Waals surface area contributed by atoms with Gasteiger partial charge in [0.05, 0.1) is 17.1 Å². The van der Waals surface area contributed by atoms with Crippen molar-refractivity contribution in [2.24, 2.45) is 4.99 Å². The molecule has 1 amide bonds. The number of aliphatic imine (C=N–C) groups is 1. The molecule has 1 saturated heterocycles. The van der Waals surface area contributed by atoms with Crippen LogP contribution in [0.5, 0.6) is 0 Å². The lowest BCUT2D eigenvalue weighted by molar-refractivity contribution is -0.123. The van der Waals surface area contributed by atoms with E-state index in [4.69, 9.17) is 4.99 Å². The quantitative estimate of drug-likeness (QED) is 0.271. The minimum Gasteiger partial charge on any atom is -0.342 e. The summed E-state index contributed by atoms with van der Waals surface area (Å²) in [5.41, 5.74) is 3.44. The molecule has 1 aromatic heterocycles. The number of aromatic nitrogens is 1. The summed E-state index contributed by atoms with van der Waals surface area (Å²) >= 11 is 1.45. The number of carbonyl (C=O) groups excluding carboxylic acids is 1. The molecule has 180 valence electrons. The van der Waals surface area contributed by atoms with Crippen molar-refractivity contribution in [3.63, 3.8) is 0 Å². The van der Waals surface area contributed by atoms with Crippen LogP contribution in [0.4, 0.5) is 10.1 Å². The Hall–Kier alpha value is -3.64. The average molecular weight is 496 g/mol. The SMILES string of the molecule is O=C1C(=Cc2cn(Cc3ccccc3F)c3ccccc23)SC(=Nc2ccccc2)N1C1CCCC1. The van der Waals surface area contributed by atoms with E-state index in [1.807, 2.05) is 77.8 Å². The predicted octanol–water partition coefficient (Wildman–Crippen LogP) is 7.38. The molecule has 1 saturated carbocycles. The summed E-state index contributed by atoms with van der Waals surface area (Å²) in [6, 6.07) is 24.9. The van der Waals surface area contributed by atoms with Gasteiger partial charge in [-0.25, -0.2) is 9.38 Å². The summed E-state index contributed by atoms with van der Waals surface area (Å²) in [7, 11) is 0. The molecule has 0 unspecified atom stereocenters. The number of halogens is 1. The molecule has 0 spiro atoms. The van der Waals surface area contributed by atoms with E-state index < -0.39 is 0 Å². The highest BCUT2D eigenvalue weighted by molar-refractivity contribution is 8.18. The van der Waals surface area contributed by atoms with Crippen molar-refractivity contribution in [1.82, 2.24) is 9.47 Å². The molecule has 4 aromatic rings. The molecule has 0 bridgehead atoms. The van der Waals surface area contributed by atoms with Gasteiger partial charge in [0.1, 0.15) is 5.82 Å². The first-order valence-electron chi connectivity index (χ1n) is 12.4.